The Labute approximate surface area is 314 Å². The molecule has 2 atom stereocenters. The molecule has 3 heterocycles. The fraction of sp³-hybridized carbons (Fsp3) is 0.318. The Morgan fingerprint density at radius 3 is 2.54 bits per heavy atom. The Hall–Kier alpha value is -5.90. The van der Waals surface area contributed by atoms with Gasteiger partial charge in [-0.15, -0.1) is 0 Å². The number of ether oxygens (including phenoxy) is 1. The summed E-state index contributed by atoms with van der Waals surface area (Å²) >= 11 is 0. The molecule has 3 aromatic carbocycles. The lowest BCUT2D eigenvalue weighted by molar-refractivity contribution is -0.129. The molecule has 0 fully saturated rings. The molecule has 0 bridgehead atoms. The monoisotopic (exact) mass is 729 g/mol. The number of aromatic nitrogens is 2. The molecule has 0 spiro atoms. The Morgan fingerprint density at radius 2 is 1.69 bits per heavy atom. The van der Waals surface area contributed by atoms with Crippen LogP contribution in [0.4, 0.5) is 5.82 Å². The first kappa shape index (κ1) is 36.5. The fourth-order valence-corrected chi connectivity index (χ4v) is 8.09. The number of benzene rings is 3. The van der Waals surface area contributed by atoms with Crippen molar-refractivity contribution in [3.8, 4) is 28.7 Å². The summed E-state index contributed by atoms with van der Waals surface area (Å²) in [6, 6.07) is 19.6. The van der Waals surface area contributed by atoms with Crippen molar-refractivity contribution in [3.63, 3.8) is 0 Å². The van der Waals surface area contributed by atoms with Gasteiger partial charge in [0.05, 0.1) is 13.0 Å². The zero-order chi connectivity index (χ0) is 37.6. The van der Waals surface area contributed by atoms with Gasteiger partial charge in [0.15, 0.2) is 23.0 Å². The second kappa shape index (κ2) is 16.4. The highest BCUT2D eigenvalue weighted by Gasteiger charge is 2.37. The van der Waals surface area contributed by atoms with Gasteiger partial charge in [-0.25, -0.2) is 0 Å². The average Bonchev–Trinajstić information content (AvgIpc) is 3.83. The highest BCUT2D eigenvalue weighted by atomic mass is 16.5. The minimum absolute atomic E-state index is 0.0970. The molecule has 2 unspecified atom stereocenters. The summed E-state index contributed by atoms with van der Waals surface area (Å²) in [5.74, 6) is 0.470. The van der Waals surface area contributed by atoms with Crippen LogP contribution < -0.4 is 10.1 Å². The van der Waals surface area contributed by atoms with Crippen LogP contribution in [0.5, 0.6) is 28.7 Å². The summed E-state index contributed by atoms with van der Waals surface area (Å²) < 4.78 is 5.72. The number of anilines is 1. The van der Waals surface area contributed by atoms with Crippen molar-refractivity contribution < 1.29 is 34.8 Å². The minimum atomic E-state index is -0.507. The molecule has 280 valence electrons. The quantitative estimate of drug-likeness (QED) is 0.0306. The molecule has 5 aromatic rings. The van der Waals surface area contributed by atoms with Gasteiger partial charge < -0.3 is 40.4 Å². The van der Waals surface area contributed by atoms with E-state index in [1.165, 1.54) is 6.07 Å². The number of H-pyrrole nitrogens is 2. The van der Waals surface area contributed by atoms with Crippen LogP contribution in [0.1, 0.15) is 83.5 Å². The molecular formula is C44H47N3O7. The van der Waals surface area contributed by atoms with Crippen molar-refractivity contribution in [3.05, 3.63) is 124 Å². The number of carbonyl (C=O) groups excluding carboxylic acids is 2. The van der Waals surface area contributed by atoms with Gasteiger partial charge in [0, 0.05) is 49.0 Å². The summed E-state index contributed by atoms with van der Waals surface area (Å²) in [4.78, 5) is 34.6. The number of nitrogens with one attached hydrogen (secondary N) is 3. The first-order chi connectivity index (χ1) is 26.2. The average molecular weight is 730 g/mol. The Morgan fingerprint density at radius 1 is 0.833 bits per heavy atom. The molecule has 2 aromatic heterocycles. The molecule has 54 heavy (non-hydrogen) atoms. The van der Waals surface area contributed by atoms with Gasteiger partial charge in [-0.2, -0.15) is 0 Å². The third-order valence-electron chi connectivity index (χ3n) is 10.8. The van der Waals surface area contributed by atoms with E-state index < -0.39 is 5.92 Å². The first-order valence-corrected chi connectivity index (χ1v) is 18.8. The predicted molar refractivity (Wildman–Crippen MR) is 207 cm³/mol. The van der Waals surface area contributed by atoms with Crippen molar-refractivity contribution >= 4 is 23.5 Å². The Kier molecular flexibility index (Phi) is 11.1. The number of hydrogen-bond acceptors (Lipinski definition) is 8. The number of aromatic hydroxyl groups is 4. The largest absolute Gasteiger partial charge is 0.508 e. The van der Waals surface area contributed by atoms with Crippen LogP contribution in [-0.2, 0) is 35.3 Å². The van der Waals surface area contributed by atoms with E-state index in [0.29, 0.717) is 31.7 Å². The molecule has 1 aliphatic carbocycles. The van der Waals surface area contributed by atoms with Gasteiger partial charge in [-0.05, 0) is 126 Å². The molecule has 10 heteroatoms. The van der Waals surface area contributed by atoms with E-state index in [0.717, 1.165) is 89.0 Å². The maximum absolute atomic E-state index is 14.4. The van der Waals surface area contributed by atoms with Gasteiger partial charge >= 0.3 is 0 Å². The third-order valence-corrected chi connectivity index (χ3v) is 10.8. The predicted octanol–water partition coefficient (Wildman–Crippen LogP) is 7.86. The number of ketones is 2. The number of unbranched alkanes of at least 4 members (excludes halogenated alkanes) is 1. The zero-order valence-corrected chi connectivity index (χ0v) is 30.2. The Balaban J connectivity index is 1.08. The van der Waals surface area contributed by atoms with Gasteiger partial charge in [0.2, 0.25) is 0 Å². The molecule has 0 radical (unpaired) electrons. The van der Waals surface area contributed by atoms with Crippen molar-refractivity contribution in [2.45, 2.75) is 70.1 Å². The number of carbonyl (C=O) groups is 2. The van der Waals surface area contributed by atoms with E-state index in [9.17, 15) is 30.0 Å². The van der Waals surface area contributed by atoms with E-state index in [4.69, 9.17) is 4.74 Å². The SMILES string of the molecule is O=C(CCc1ccc(O)c2c1CCCO2)CC(=O)C1C(CNc2[nH]ccc2Cc2ccc(O)c(O)c2)=Cc2[nH]ccc2C1CCCCc1cccc(O)c1. The van der Waals surface area contributed by atoms with E-state index in [-0.39, 0.29) is 53.3 Å². The van der Waals surface area contributed by atoms with Gasteiger partial charge in [0.25, 0.3) is 0 Å². The molecule has 0 amide bonds. The number of Topliss-reactive ketones (excluding diaryl/α,β-unsaturated/α-hetero) is 2. The first-order valence-electron chi connectivity index (χ1n) is 18.8. The van der Waals surface area contributed by atoms with E-state index >= 15 is 0 Å². The number of aromatic amines is 2. The molecular weight excluding hydrogens is 682 g/mol. The third kappa shape index (κ3) is 8.33. The van der Waals surface area contributed by atoms with Crippen LogP contribution in [0.25, 0.3) is 6.08 Å². The molecule has 0 saturated heterocycles. The summed E-state index contributed by atoms with van der Waals surface area (Å²) in [5, 5.41) is 43.6. The summed E-state index contributed by atoms with van der Waals surface area (Å²) in [5.41, 5.74) is 7.70. The maximum atomic E-state index is 14.4. The van der Waals surface area contributed by atoms with E-state index in [2.05, 4.69) is 15.3 Å². The van der Waals surface area contributed by atoms with Crippen LogP contribution >= 0.6 is 0 Å². The number of rotatable bonds is 16. The van der Waals surface area contributed by atoms with Crippen molar-refractivity contribution in [2.24, 2.45) is 5.92 Å². The highest BCUT2D eigenvalue weighted by molar-refractivity contribution is 6.02. The Bertz CT molecular complexity index is 2160. The number of hydrogen-bond donors (Lipinski definition) is 7. The van der Waals surface area contributed by atoms with Gasteiger partial charge in [-0.3, -0.25) is 9.59 Å². The molecule has 7 N–H and O–H groups in total. The highest BCUT2D eigenvalue weighted by Crippen LogP contribution is 2.43. The second-order valence-electron chi connectivity index (χ2n) is 14.5. The van der Waals surface area contributed by atoms with Gasteiger partial charge in [0.1, 0.15) is 23.1 Å². The number of fused-ring (bicyclic) bond motifs is 2. The van der Waals surface area contributed by atoms with Crippen LogP contribution in [0.2, 0.25) is 0 Å². The van der Waals surface area contributed by atoms with E-state index in [1.807, 2.05) is 48.8 Å². The lowest BCUT2D eigenvalue weighted by Crippen LogP contribution is -2.31. The summed E-state index contributed by atoms with van der Waals surface area (Å²) in [7, 11) is 0. The fourth-order valence-electron chi connectivity index (χ4n) is 8.09. The smallest absolute Gasteiger partial charge is 0.164 e. The lowest BCUT2D eigenvalue weighted by atomic mass is 9.71. The van der Waals surface area contributed by atoms with Crippen LogP contribution in [0, 0.1) is 5.92 Å². The second-order valence-corrected chi connectivity index (χ2v) is 14.5. The van der Waals surface area contributed by atoms with Crippen molar-refractivity contribution in [1.29, 1.82) is 0 Å². The number of phenols is 4. The van der Waals surface area contributed by atoms with Crippen molar-refractivity contribution in [2.75, 3.05) is 18.5 Å². The summed E-state index contributed by atoms with van der Waals surface area (Å²) in [6.07, 6.45) is 11.7. The topological polar surface area (TPSA) is 168 Å². The molecule has 1 aliphatic heterocycles. The lowest BCUT2D eigenvalue weighted by Gasteiger charge is -2.32. The molecule has 7 rings (SSSR count). The summed E-state index contributed by atoms with van der Waals surface area (Å²) in [6.45, 7) is 0.925. The molecule has 2 aliphatic rings. The number of aryl methyl sites for hydroxylation is 2. The van der Waals surface area contributed by atoms with Crippen molar-refractivity contribution in [1.82, 2.24) is 9.97 Å². The minimum Gasteiger partial charge on any atom is -0.508 e. The standard InChI is InChI=1S/C44H47N3O7/c48-32-7-3-6-27(22-32)5-1-2-8-36-35-17-19-45-37(35)24-31(26-47-44-30(16-18-46-44)21-28-10-14-38(50)40(52)23-28)42(36)41(53)25-33(49)13-11-29-12-15-39(51)43-34(29)9-4-20-54-43/h3,6-7,10,12,14-19,22-24,36,42,45-48,50-52H,1-2,4-5,8-9,11,13,20-21,25-26H2. The normalized spacial score (nSPS) is 16.2. The zero-order valence-electron chi connectivity index (χ0n) is 30.2. The van der Waals surface area contributed by atoms with Crippen LogP contribution in [-0.4, -0.2) is 55.1 Å². The maximum Gasteiger partial charge on any atom is 0.164 e. The molecule has 0 saturated carbocycles. The van der Waals surface area contributed by atoms with Crippen LogP contribution in [0.3, 0.4) is 0 Å². The van der Waals surface area contributed by atoms with Crippen LogP contribution in [0.15, 0.2) is 84.7 Å². The van der Waals surface area contributed by atoms with E-state index in [1.54, 1.807) is 30.3 Å². The number of phenolic OH excluding ortho intramolecular Hbond substituents is 4. The van der Waals surface area contributed by atoms with Gasteiger partial charge in [-0.1, -0.05) is 30.7 Å². The molecule has 10 nitrogen and oxygen atoms in total.